The van der Waals surface area contributed by atoms with Gasteiger partial charge in [-0.2, -0.15) is 0 Å². The number of ether oxygens (including phenoxy) is 1. The number of rotatable bonds is 4. The molecule has 7 heteroatoms. The van der Waals surface area contributed by atoms with Gasteiger partial charge in [-0.1, -0.05) is 40.2 Å². The van der Waals surface area contributed by atoms with Crippen molar-refractivity contribution in [2.75, 3.05) is 19.0 Å². The second-order valence-electron chi connectivity index (χ2n) is 5.54. The monoisotopic (exact) mass is 402 g/mol. The first-order valence-corrected chi connectivity index (χ1v) is 8.58. The number of hydrogen-bond donors (Lipinski definition) is 4. The first kappa shape index (κ1) is 17.2. The molecule has 0 aromatic heterocycles. The van der Waals surface area contributed by atoms with Crippen LogP contribution in [-0.2, 0) is 0 Å². The lowest BCUT2D eigenvalue weighted by molar-refractivity contribution is 0.251. The quantitative estimate of drug-likeness (QED) is 0.632. The molecule has 2 aromatic rings. The molecule has 25 heavy (non-hydrogen) atoms. The fraction of sp³-hybridized carbons (Fsp3) is 0.167. The Morgan fingerprint density at radius 2 is 2.16 bits per heavy atom. The first-order valence-electron chi connectivity index (χ1n) is 7.78. The van der Waals surface area contributed by atoms with Crippen molar-refractivity contribution in [2.24, 2.45) is 5.73 Å². The minimum atomic E-state index is -0.301. The van der Waals surface area contributed by atoms with E-state index in [-0.39, 0.29) is 12.1 Å². The third kappa shape index (κ3) is 3.71. The van der Waals surface area contributed by atoms with Gasteiger partial charge in [-0.15, -0.1) is 0 Å². The highest BCUT2D eigenvalue weighted by Crippen LogP contribution is 2.31. The van der Waals surface area contributed by atoms with Crippen LogP contribution in [-0.4, -0.2) is 19.7 Å². The van der Waals surface area contributed by atoms with E-state index in [2.05, 4.69) is 31.9 Å². The number of benzene rings is 2. The smallest absolute Gasteiger partial charge is 0.319 e. The number of nitrogens with one attached hydrogen (secondary N) is 3. The van der Waals surface area contributed by atoms with Crippen molar-refractivity contribution >= 4 is 33.3 Å². The van der Waals surface area contributed by atoms with E-state index in [4.69, 9.17) is 10.5 Å². The van der Waals surface area contributed by atoms with E-state index >= 15 is 0 Å². The third-order valence-corrected chi connectivity index (χ3v) is 4.49. The van der Waals surface area contributed by atoms with Crippen molar-refractivity contribution in [3.63, 3.8) is 0 Å². The molecular formula is C18H19BrN4O2. The van der Waals surface area contributed by atoms with Gasteiger partial charge in [0.1, 0.15) is 5.75 Å². The maximum atomic E-state index is 12.2. The fourth-order valence-corrected chi connectivity index (χ4v) is 3.16. The Morgan fingerprint density at radius 3 is 2.92 bits per heavy atom. The number of amides is 2. The van der Waals surface area contributed by atoms with Gasteiger partial charge in [0.2, 0.25) is 0 Å². The van der Waals surface area contributed by atoms with Crippen LogP contribution in [0.1, 0.15) is 17.2 Å². The van der Waals surface area contributed by atoms with Crippen LogP contribution in [0.15, 0.2) is 53.1 Å². The van der Waals surface area contributed by atoms with Crippen LogP contribution >= 0.6 is 15.9 Å². The molecule has 5 N–H and O–H groups in total. The number of fused-ring (bicyclic) bond motifs is 1. The van der Waals surface area contributed by atoms with Crippen LogP contribution in [0.4, 0.5) is 10.5 Å². The van der Waals surface area contributed by atoms with Crippen LogP contribution in [0.25, 0.3) is 5.70 Å². The molecule has 1 unspecified atom stereocenters. The average molecular weight is 403 g/mol. The van der Waals surface area contributed by atoms with Crippen molar-refractivity contribution in [2.45, 2.75) is 6.04 Å². The highest BCUT2D eigenvalue weighted by molar-refractivity contribution is 9.10. The second-order valence-corrected chi connectivity index (χ2v) is 6.46. The standard InChI is InChI=1S/C18H19BrN4O2/c1-25-17-8-11(19)6-7-14(17)23-18(24)21-10-16-13-5-3-2-4-12(13)15(9-20)22-16/h2-9,16,22H,10,20H2,1H3,(H2,21,23,24)/b15-9-. The number of carbonyl (C=O) groups excluding carboxylic acids is 1. The van der Waals surface area contributed by atoms with Crippen LogP contribution in [0.2, 0.25) is 0 Å². The minimum absolute atomic E-state index is 0.0245. The molecule has 1 heterocycles. The molecule has 0 saturated carbocycles. The number of halogens is 1. The second kappa shape index (κ2) is 7.48. The predicted octanol–water partition coefficient (Wildman–Crippen LogP) is 3.18. The lowest BCUT2D eigenvalue weighted by Gasteiger charge is -2.15. The van der Waals surface area contributed by atoms with Crippen LogP contribution in [0, 0.1) is 0 Å². The molecule has 2 aromatic carbocycles. The summed E-state index contributed by atoms with van der Waals surface area (Å²) in [7, 11) is 1.56. The molecule has 1 aliphatic rings. The van der Waals surface area contributed by atoms with Gasteiger partial charge in [0.25, 0.3) is 0 Å². The van der Waals surface area contributed by atoms with E-state index in [1.54, 1.807) is 25.4 Å². The minimum Gasteiger partial charge on any atom is -0.495 e. The Bertz CT molecular complexity index is 822. The molecule has 1 atom stereocenters. The van der Waals surface area contributed by atoms with E-state index in [1.807, 2.05) is 30.3 Å². The summed E-state index contributed by atoms with van der Waals surface area (Å²) in [4.78, 5) is 12.2. The molecule has 0 fully saturated rings. The molecule has 3 rings (SSSR count). The van der Waals surface area contributed by atoms with Crippen molar-refractivity contribution in [1.82, 2.24) is 10.6 Å². The van der Waals surface area contributed by atoms with Gasteiger partial charge in [0.15, 0.2) is 0 Å². The first-order chi connectivity index (χ1) is 12.1. The number of nitrogens with two attached hydrogens (primary N) is 1. The predicted molar refractivity (Wildman–Crippen MR) is 102 cm³/mol. The zero-order valence-corrected chi connectivity index (χ0v) is 15.3. The lowest BCUT2D eigenvalue weighted by atomic mass is 10.0. The van der Waals surface area contributed by atoms with Crippen molar-refractivity contribution in [3.05, 3.63) is 64.3 Å². The van der Waals surface area contributed by atoms with Gasteiger partial charge >= 0.3 is 6.03 Å². The molecule has 0 radical (unpaired) electrons. The fourth-order valence-electron chi connectivity index (χ4n) is 2.82. The van der Waals surface area contributed by atoms with E-state index in [1.165, 1.54) is 0 Å². The number of carbonyl (C=O) groups is 1. The van der Waals surface area contributed by atoms with Gasteiger partial charge in [-0.05, 0) is 23.8 Å². The summed E-state index contributed by atoms with van der Waals surface area (Å²) in [6, 6.07) is 13.1. The molecule has 6 nitrogen and oxygen atoms in total. The number of methoxy groups -OCH3 is 1. The highest BCUT2D eigenvalue weighted by Gasteiger charge is 2.25. The number of urea groups is 1. The molecule has 0 aliphatic carbocycles. The van der Waals surface area contributed by atoms with Crippen LogP contribution in [0.5, 0.6) is 5.75 Å². The van der Waals surface area contributed by atoms with Gasteiger partial charge in [-0.25, -0.2) is 4.79 Å². The zero-order valence-electron chi connectivity index (χ0n) is 13.7. The summed E-state index contributed by atoms with van der Waals surface area (Å²) < 4.78 is 6.15. The highest BCUT2D eigenvalue weighted by atomic mass is 79.9. The normalized spacial score (nSPS) is 16.9. The SMILES string of the molecule is COc1cc(Br)ccc1NC(=O)NCC1N/C(=C\N)c2ccccc21. The molecule has 1 aliphatic heterocycles. The summed E-state index contributed by atoms with van der Waals surface area (Å²) in [6.45, 7) is 0.430. The summed E-state index contributed by atoms with van der Waals surface area (Å²) in [5.41, 5.74) is 9.32. The molecule has 0 bridgehead atoms. The molecule has 2 amide bonds. The molecule has 130 valence electrons. The van der Waals surface area contributed by atoms with Crippen LogP contribution in [0.3, 0.4) is 0 Å². The number of hydrogen-bond acceptors (Lipinski definition) is 4. The Kier molecular flexibility index (Phi) is 5.14. The topological polar surface area (TPSA) is 88.4 Å². The summed E-state index contributed by atoms with van der Waals surface area (Å²) in [5, 5.41) is 8.99. The maximum absolute atomic E-state index is 12.2. The van der Waals surface area contributed by atoms with Crippen molar-refractivity contribution < 1.29 is 9.53 Å². The molecule has 0 spiro atoms. The zero-order chi connectivity index (χ0) is 17.8. The summed E-state index contributed by atoms with van der Waals surface area (Å²) >= 11 is 3.37. The Morgan fingerprint density at radius 1 is 1.36 bits per heavy atom. The van der Waals surface area contributed by atoms with Gasteiger partial charge in [-0.3, -0.25) is 0 Å². The van der Waals surface area contributed by atoms with Gasteiger partial charge < -0.3 is 26.4 Å². The third-order valence-electron chi connectivity index (χ3n) is 4.00. The van der Waals surface area contributed by atoms with Crippen molar-refractivity contribution in [3.8, 4) is 5.75 Å². The molecular weight excluding hydrogens is 384 g/mol. The van der Waals surface area contributed by atoms with E-state index in [0.717, 1.165) is 21.3 Å². The largest absolute Gasteiger partial charge is 0.495 e. The Hall–Kier alpha value is -2.67. The van der Waals surface area contributed by atoms with E-state index in [0.29, 0.717) is 18.0 Å². The van der Waals surface area contributed by atoms with Gasteiger partial charge in [0, 0.05) is 22.8 Å². The maximum Gasteiger partial charge on any atom is 0.319 e. The van der Waals surface area contributed by atoms with Gasteiger partial charge in [0.05, 0.1) is 24.5 Å². The van der Waals surface area contributed by atoms with E-state index < -0.39 is 0 Å². The Labute approximate surface area is 154 Å². The van der Waals surface area contributed by atoms with Crippen LogP contribution < -0.4 is 26.4 Å². The van der Waals surface area contributed by atoms with Crippen molar-refractivity contribution in [1.29, 1.82) is 0 Å². The lowest BCUT2D eigenvalue weighted by Crippen LogP contribution is -2.35. The number of anilines is 1. The average Bonchev–Trinajstić information content (AvgIpc) is 2.99. The van der Waals surface area contributed by atoms with E-state index in [9.17, 15) is 4.79 Å². The Balaban J connectivity index is 1.64. The molecule has 0 saturated heterocycles. The summed E-state index contributed by atoms with van der Waals surface area (Å²) in [6.07, 6.45) is 1.55. The summed E-state index contributed by atoms with van der Waals surface area (Å²) in [5.74, 6) is 0.585.